The number of Topliss-reactive ketones (excluding diaryl/α,β-unsaturated/α-hetero) is 1. The molecule has 0 bridgehead atoms. The quantitative estimate of drug-likeness (QED) is 0.493. The summed E-state index contributed by atoms with van der Waals surface area (Å²) in [6, 6.07) is 3.48. The largest absolute Gasteiger partial charge is 0.454 e. The Kier molecular flexibility index (Phi) is 2.36. The lowest BCUT2D eigenvalue weighted by Crippen LogP contribution is -2.22. The van der Waals surface area contributed by atoms with E-state index in [0.717, 1.165) is 18.2 Å². The van der Waals surface area contributed by atoms with E-state index >= 15 is 0 Å². The normalized spacial score (nSPS) is 11.4. The first-order valence-electron chi connectivity index (χ1n) is 3.28. The highest BCUT2D eigenvalue weighted by atomic mass is 19.4. The van der Waals surface area contributed by atoms with E-state index < -0.39 is 23.3 Å². The van der Waals surface area contributed by atoms with Crippen LogP contribution in [0.5, 0.6) is 0 Å². The zero-order valence-corrected chi connectivity index (χ0v) is 6.23. The maximum Gasteiger partial charge on any atom is 0.454 e. The van der Waals surface area contributed by atoms with E-state index in [1.54, 1.807) is 0 Å². The van der Waals surface area contributed by atoms with Gasteiger partial charge in [0.05, 0.1) is 0 Å². The Hall–Kier alpha value is -1.39. The molecule has 0 heterocycles. The van der Waals surface area contributed by atoms with Gasteiger partial charge in [-0.3, -0.25) is 4.79 Å². The average molecular weight is 192 g/mol. The molecule has 1 nitrogen and oxygen atoms in total. The van der Waals surface area contributed by atoms with Gasteiger partial charge < -0.3 is 0 Å². The van der Waals surface area contributed by atoms with Crippen molar-refractivity contribution < 1.29 is 22.4 Å². The van der Waals surface area contributed by atoms with E-state index in [9.17, 15) is 22.4 Å². The second-order valence-electron chi connectivity index (χ2n) is 2.34. The van der Waals surface area contributed by atoms with Crippen LogP contribution in [-0.4, -0.2) is 12.0 Å². The van der Waals surface area contributed by atoms with Crippen LogP contribution in [0.3, 0.4) is 0 Å². The van der Waals surface area contributed by atoms with Crippen LogP contribution in [0, 0.1) is 5.82 Å². The highest BCUT2D eigenvalue weighted by Gasteiger charge is 2.39. The molecule has 1 aromatic rings. The fraction of sp³-hybridized carbons (Fsp3) is 0.125. The van der Waals surface area contributed by atoms with Gasteiger partial charge in [-0.15, -0.1) is 0 Å². The van der Waals surface area contributed by atoms with Crippen LogP contribution in [0.1, 0.15) is 10.4 Å². The fourth-order valence-electron chi connectivity index (χ4n) is 0.793. The average Bonchev–Trinajstić information content (AvgIpc) is 2.01. The number of benzene rings is 1. The molecule has 0 radical (unpaired) electrons. The van der Waals surface area contributed by atoms with E-state index in [0.29, 0.717) is 6.07 Å². The van der Waals surface area contributed by atoms with Gasteiger partial charge in [-0.05, 0) is 12.1 Å². The molecule has 0 saturated heterocycles. The van der Waals surface area contributed by atoms with E-state index in [-0.39, 0.29) is 0 Å². The highest BCUT2D eigenvalue weighted by molar-refractivity contribution is 6.00. The van der Waals surface area contributed by atoms with Crippen LogP contribution in [0.4, 0.5) is 17.6 Å². The van der Waals surface area contributed by atoms with Gasteiger partial charge in [0, 0.05) is 5.56 Å². The van der Waals surface area contributed by atoms with E-state index in [4.69, 9.17) is 0 Å². The summed E-state index contributed by atoms with van der Waals surface area (Å²) in [7, 11) is 0. The van der Waals surface area contributed by atoms with E-state index in [1.165, 1.54) is 0 Å². The predicted octanol–water partition coefficient (Wildman–Crippen LogP) is 2.57. The molecule has 1 aromatic carbocycles. The van der Waals surface area contributed by atoms with Crippen LogP contribution in [0.2, 0.25) is 0 Å². The SMILES string of the molecule is O=C(c1cccc(F)c1)C(F)(F)F. The van der Waals surface area contributed by atoms with Gasteiger partial charge in [0.2, 0.25) is 0 Å². The van der Waals surface area contributed by atoms with Gasteiger partial charge in [-0.1, -0.05) is 12.1 Å². The predicted molar refractivity (Wildman–Crippen MR) is 36.8 cm³/mol. The van der Waals surface area contributed by atoms with Gasteiger partial charge in [-0.25, -0.2) is 4.39 Å². The molecule has 5 heteroatoms. The molecule has 0 atom stereocenters. The summed E-state index contributed by atoms with van der Waals surface area (Å²) in [6.45, 7) is 0. The van der Waals surface area contributed by atoms with Crippen molar-refractivity contribution in [2.75, 3.05) is 0 Å². The third-order valence-corrected chi connectivity index (χ3v) is 1.34. The second kappa shape index (κ2) is 3.16. The second-order valence-corrected chi connectivity index (χ2v) is 2.34. The summed E-state index contributed by atoms with van der Waals surface area (Å²) < 4.78 is 47.8. The summed E-state index contributed by atoms with van der Waals surface area (Å²) in [5, 5.41) is 0. The number of ketones is 1. The molecule has 0 saturated carbocycles. The van der Waals surface area contributed by atoms with Crippen molar-refractivity contribution in [1.82, 2.24) is 0 Å². The summed E-state index contributed by atoms with van der Waals surface area (Å²) in [5.41, 5.74) is -0.687. The lowest BCUT2D eigenvalue weighted by atomic mass is 10.1. The van der Waals surface area contributed by atoms with Crippen LogP contribution < -0.4 is 0 Å². The van der Waals surface area contributed by atoms with Gasteiger partial charge in [0.25, 0.3) is 5.78 Å². The molecule has 0 aliphatic carbocycles. The molecule has 0 aromatic heterocycles. The van der Waals surface area contributed by atoms with Crippen LogP contribution in [0.25, 0.3) is 0 Å². The minimum Gasteiger partial charge on any atom is -0.284 e. The Labute approximate surface area is 71.0 Å². The van der Waals surface area contributed by atoms with E-state index in [1.807, 2.05) is 0 Å². The standard InChI is InChI=1S/C8H4F4O/c9-6-3-1-2-5(4-6)7(13)8(10,11)12/h1-4H. The van der Waals surface area contributed by atoms with Gasteiger partial charge >= 0.3 is 6.18 Å². The Balaban J connectivity index is 3.03. The molecule has 0 spiro atoms. The van der Waals surface area contributed by atoms with Crippen molar-refractivity contribution in [1.29, 1.82) is 0 Å². The van der Waals surface area contributed by atoms with Crippen molar-refractivity contribution in [3.05, 3.63) is 35.6 Å². The Bertz CT molecular complexity index is 329. The summed E-state index contributed by atoms with van der Waals surface area (Å²) in [6.07, 6.45) is -4.95. The fourth-order valence-corrected chi connectivity index (χ4v) is 0.793. The Morgan fingerprint density at radius 2 is 1.85 bits per heavy atom. The lowest BCUT2D eigenvalue weighted by Gasteiger charge is -2.04. The highest BCUT2D eigenvalue weighted by Crippen LogP contribution is 2.21. The molecular formula is C8H4F4O. The zero-order valence-electron chi connectivity index (χ0n) is 6.23. The van der Waals surface area contributed by atoms with Gasteiger partial charge in [0.1, 0.15) is 5.82 Å². The molecule has 0 amide bonds. The molecule has 13 heavy (non-hydrogen) atoms. The van der Waals surface area contributed by atoms with Crippen LogP contribution >= 0.6 is 0 Å². The first-order chi connectivity index (χ1) is 5.91. The third kappa shape index (κ3) is 2.27. The molecular weight excluding hydrogens is 188 g/mol. The summed E-state index contributed by atoms with van der Waals surface area (Å²) >= 11 is 0. The maximum atomic E-state index is 12.4. The summed E-state index contributed by atoms with van der Waals surface area (Å²) in [4.78, 5) is 10.5. The zero-order chi connectivity index (χ0) is 10.1. The van der Waals surface area contributed by atoms with Gasteiger partial charge in [0.15, 0.2) is 0 Å². The topological polar surface area (TPSA) is 17.1 Å². The number of carbonyl (C=O) groups excluding carboxylic acids is 1. The molecule has 1 rings (SSSR count). The minimum absolute atomic E-state index is 0.551. The van der Waals surface area contributed by atoms with Crippen molar-refractivity contribution in [3.63, 3.8) is 0 Å². The monoisotopic (exact) mass is 192 g/mol. The minimum atomic E-state index is -4.95. The number of halogens is 4. The first kappa shape index (κ1) is 9.70. The smallest absolute Gasteiger partial charge is 0.284 e. The molecule has 0 aliphatic heterocycles. The molecule has 0 aliphatic rings. The molecule has 0 N–H and O–H groups in total. The van der Waals surface area contributed by atoms with Crippen LogP contribution in [-0.2, 0) is 0 Å². The molecule has 0 unspecified atom stereocenters. The van der Waals surface area contributed by atoms with E-state index in [2.05, 4.69) is 0 Å². The third-order valence-electron chi connectivity index (χ3n) is 1.34. The van der Waals surface area contributed by atoms with Crippen molar-refractivity contribution in [2.45, 2.75) is 6.18 Å². The number of carbonyl (C=O) groups is 1. The molecule has 0 fully saturated rings. The maximum absolute atomic E-state index is 12.4. The first-order valence-corrected chi connectivity index (χ1v) is 3.28. The number of alkyl halides is 3. The van der Waals surface area contributed by atoms with Crippen LogP contribution in [0.15, 0.2) is 24.3 Å². The number of rotatable bonds is 1. The Morgan fingerprint density at radius 1 is 1.23 bits per heavy atom. The number of hydrogen-bond acceptors (Lipinski definition) is 1. The lowest BCUT2D eigenvalue weighted by molar-refractivity contribution is -0.0885. The molecule has 70 valence electrons. The van der Waals surface area contributed by atoms with Crippen molar-refractivity contribution >= 4 is 5.78 Å². The van der Waals surface area contributed by atoms with Crippen molar-refractivity contribution in [3.8, 4) is 0 Å². The number of hydrogen-bond donors (Lipinski definition) is 0. The van der Waals surface area contributed by atoms with Gasteiger partial charge in [-0.2, -0.15) is 13.2 Å². The Morgan fingerprint density at radius 3 is 2.31 bits per heavy atom. The summed E-state index contributed by atoms with van der Waals surface area (Å²) in [5.74, 6) is -2.90. The van der Waals surface area contributed by atoms with Crippen molar-refractivity contribution in [2.24, 2.45) is 0 Å².